The lowest BCUT2D eigenvalue weighted by Gasteiger charge is -2.20. The first-order chi connectivity index (χ1) is 7.97. The maximum atomic E-state index is 11.4. The predicted molar refractivity (Wildman–Crippen MR) is 69.1 cm³/mol. The van der Waals surface area contributed by atoms with E-state index in [1.54, 1.807) is 0 Å². The quantitative estimate of drug-likeness (QED) is 0.799. The zero-order chi connectivity index (χ0) is 12.7. The van der Waals surface area contributed by atoms with Crippen LogP contribution in [0.25, 0.3) is 0 Å². The molecular weight excluding hydrogens is 216 g/mol. The molecular formula is C13H26N2O2. The van der Waals surface area contributed by atoms with Crippen molar-refractivity contribution in [2.75, 3.05) is 13.1 Å². The second-order valence-corrected chi connectivity index (χ2v) is 5.72. The molecule has 1 rings (SSSR count). The third-order valence-electron chi connectivity index (χ3n) is 2.82. The van der Waals surface area contributed by atoms with Crippen LogP contribution in [0.1, 0.15) is 52.9 Å². The zero-order valence-corrected chi connectivity index (χ0v) is 11.3. The standard InChI is InChI=1S/C13H26N2O2/c1-13(2,3)17-12(16)15-10-8-11-7-5-4-6-9-14-11/h11,14H,4-10H2,1-3H3,(H,15,16). The number of rotatable bonds is 3. The summed E-state index contributed by atoms with van der Waals surface area (Å²) in [5.74, 6) is 0. The zero-order valence-electron chi connectivity index (χ0n) is 11.3. The number of carbonyl (C=O) groups is 1. The highest BCUT2D eigenvalue weighted by Gasteiger charge is 2.16. The Kier molecular flexibility index (Phi) is 5.75. The Balaban J connectivity index is 2.12. The summed E-state index contributed by atoms with van der Waals surface area (Å²) in [4.78, 5) is 11.4. The summed E-state index contributed by atoms with van der Waals surface area (Å²) >= 11 is 0. The lowest BCUT2D eigenvalue weighted by atomic mass is 10.1. The van der Waals surface area contributed by atoms with Crippen LogP contribution in [0, 0.1) is 0 Å². The van der Waals surface area contributed by atoms with Crippen LogP contribution in [-0.2, 0) is 4.74 Å². The van der Waals surface area contributed by atoms with E-state index in [1.165, 1.54) is 25.7 Å². The third-order valence-corrected chi connectivity index (χ3v) is 2.82. The number of amides is 1. The van der Waals surface area contributed by atoms with Crippen LogP contribution < -0.4 is 10.6 Å². The van der Waals surface area contributed by atoms with Gasteiger partial charge >= 0.3 is 6.09 Å². The molecule has 1 unspecified atom stereocenters. The van der Waals surface area contributed by atoms with Crippen molar-refractivity contribution in [2.24, 2.45) is 0 Å². The van der Waals surface area contributed by atoms with E-state index in [1.807, 2.05) is 20.8 Å². The van der Waals surface area contributed by atoms with Gasteiger partial charge in [-0.15, -0.1) is 0 Å². The van der Waals surface area contributed by atoms with Crippen LogP contribution in [0.3, 0.4) is 0 Å². The first kappa shape index (κ1) is 14.3. The average molecular weight is 242 g/mol. The Morgan fingerprint density at radius 1 is 1.35 bits per heavy atom. The van der Waals surface area contributed by atoms with E-state index in [2.05, 4.69) is 10.6 Å². The molecule has 0 bridgehead atoms. The molecule has 1 heterocycles. The molecule has 0 saturated carbocycles. The van der Waals surface area contributed by atoms with Crippen molar-refractivity contribution in [3.8, 4) is 0 Å². The smallest absolute Gasteiger partial charge is 0.407 e. The topological polar surface area (TPSA) is 50.4 Å². The van der Waals surface area contributed by atoms with Gasteiger partial charge in [-0.2, -0.15) is 0 Å². The van der Waals surface area contributed by atoms with Crippen LogP contribution in [0.15, 0.2) is 0 Å². The number of hydrogen-bond acceptors (Lipinski definition) is 3. The van der Waals surface area contributed by atoms with Gasteiger partial charge in [-0.05, 0) is 46.6 Å². The first-order valence-corrected chi connectivity index (χ1v) is 6.67. The highest BCUT2D eigenvalue weighted by molar-refractivity contribution is 5.67. The lowest BCUT2D eigenvalue weighted by molar-refractivity contribution is 0.0526. The summed E-state index contributed by atoms with van der Waals surface area (Å²) in [6.07, 6.45) is 5.78. The molecule has 0 spiro atoms. The largest absolute Gasteiger partial charge is 0.444 e. The maximum Gasteiger partial charge on any atom is 0.407 e. The molecule has 1 aliphatic rings. The highest BCUT2D eigenvalue weighted by Crippen LogP contribution is 2.10. The van der Waals surface area contributed by atoms with Gasteiger partial charge in [0.05, 0.1) is 0 Å². The second-order valence-electron chi connectivity index (χ2n) is 5.72. The molecule has 2 N–H and O–H groups in total. The van der Waals surface area contributed by atoms with Crippen molar-refractivity contribution in [3.63, 3.8) is 0 Å². The van der Waals surface area contributed by atoms with E-state index in [-0.39, 0.29) is 6.09 Å². The lowest BCUT2D eigenvalue weighted by Crippen LogP contribution is -2.36. The monoisotopic (exact) mass is 242 g/mol. The van der Waals surface area contributed by atoms with Gasteiger partial charge in [0.2, 0.25) is 0 Å². The molecule has 1 atom stereocenters. The average Bonchev–Trinajstić information content (AvgIpc) is 2.43. The van der Waals surface area contributed by atoms with Gasteiger partial charge in [-0.3, -0.25) is 0 Å². The Labute approximate surface area is 104 Å². The van der Waals surface area contributed by atoms with Crippen LogP contribution in [0.2, 0.25) is 0 Å². The normalized spacial score (nSPS) is 21.7. The first-order valence-electron chi connectivity index (χ1n) is 6.67. The van der Waals surface area contributed by atoms with Crippen molar-refractivity contribution in [1.29, 1.82) is 0 Å². The molecule has 1 fully saturated rings. The van der Waals surface area contributed by atoms with Crippen LogP contribution in [0.4, 0.5) is 4.79 Å². The minimum absolute atomic E-state index is 0.314. The summed E-state index contributed by atoms with van der Waals surface area (Å²) in [7, 11) is 0. The summed E-state index contributed by atoms with van der Waals surface area (Å²) in [5.41, 5.74) is -0.412. The number of hydrogen-bond donors (Lipinski definition) is 2. The predicted octanol–water partition coefficient (Wildman–Crippen LogP) is 2.43. The Hall–Kier alpha value is -0.770. The van der Waals surface area contributed by atoms with E-state index < -0.39 is 5.60 Å². The van der Waals surface area contributed by atoms with E-state index in [9.17, 15) is 4.79 Å². The summed E-state index contributed by atoms with van der Waals surface area (Å²) in [6.45, 7) is 7.42. The van der Waals surface area contributed by atoms with Gasteiger partial charge in [0, 0.05) is 12.6 Å². The van der Waals surface area contributed by atoms with Gasteiger partial charge in [0.25, 0.3) is 0 Å². The van der Waals surface area contributed by atoms with Gasteiger partial charge < -0.3 is 15.4 Å². The van der Waals surface area contributed by atoms with Crippen molar-refractivity contribution in [2.45, 2.75) is 64.5 Å². The molecule has 0 aliphatic carbocycles. The minimum Gasteiger partial charge on any atom is -0.444 e. The molecule has 4 heteroatoms. The molecule has 1 amide bonds. The fourth-order valence-corrected chi connectivity index (χ4v) is 2.01. The van der Waals surface area contributed by atoms with E-state index in [4.69, 9.17) is 4.74 Å². The van der Waals surface area contributed by atoms with Crippen molar-refractivity contribution >= 4 is 6.09 Å². The minimum atomic E-state index is -0.412. The number of alkyl carbamates (subject to hydrolysis) is 1. The van der Waals surface area contributed by atoms with Gasteiger partial charge in [-0.1, -0.05) is 12.8 Å². The highest BCUT2D eigenvalue weighted by atomic mass is 16.6. The molecule has 17 heavy (non-hydrogen) atoms. The van der Waals surface area contributed by atoms with Crippen molar-refractivity contribution in [1.82, 2.24) is 10.6 Å². The molecule has 0 aromatic carbocycles. The fraction of sp³-hybridized carbons (Fsp3) is 0.923. The van der Waals surface area contributed by atoms with E-state index in [0.29, 0.717) is 12.6 Å². The van der Waals surface area contributed by atoms with Crippen LogP contribution in [0.5, 0.6) is 0 Å². The second kappa shape index (κ2) is 6.84. The van der Waals surface area contributed by atoms with Gasteiger partial charge in [-0.25, -0.2) is 4.79 Å². The van der Waals surface area contributed by atoms with Crippen molar-refractivity contribution < 1.29 is 9.53 Å². The number of ether oxygens (including phenoxy) is 1. The Bertz CT molecular complexity index is 228. The van der Waals surface area contributed by atoms with Crippen LogP contribution >= 0.6 is 0 Å². The summed E-state index contributed by atoms with van der Waals surface area (Å²) in [6, 6.07) is 0.549. The Morgan fingerprint density at radius 3 is 2.82 bits per heavy atom. The molecule has 100 valence electrons. The molecule has 0 radical (unpaired) electrons. The number of nitrogens with one attached hydrogen (secondary N) is 2. The van der Waals surface area contributed by atoms with Gasteiger partial charge in [0.1, 0.15) is 5.60 Å². The van der Waals surface area contributed by atoms with Gasteiger partial charge in [0.15, 0.2) is 0 Å². The molecule has 1 aliphatic heterocycles. The molecule has 4 nitrogen and oxygen atoms in total. The van der Waals surface area contributed by atoms with Crippen LogP contribution in [-0.4, -0.2) is 30.8 Å². The Morgan fingerprint density at radius 2 is 2.12 bits per heavy atom. The van der Waals surface area contributed by atoms with Crippen molar-refractivity contribution in [3.05, 3.63) is 0 Å². The maximum absolute atomic E-state index is 11.4. The third kappa shape index (κ3) is 7.21. The molecule has 0 aromatic heterocycles. The fourth-order valence-electron chi connectivity index (χ4n) is 2.01. The van der Waals surface area contributed by atoms with E-state index in [0.717, 1.165) is 13.0 Å². The molecule has 1 saturated heterocycles. The molecule has 0 aromatic rings. The summed E-state index contributed by atoms with van der Waals surface area (Å²) < 4.78 is 5.18. The summed E-state index contributed by atoms with van der Waals surface area (Å²) in [5, 5.41) is 6.32. The van der Waals surface area contributed by atoms with E-state index >= 15 is 0 Å². The number of carbonyl (C=O) groups excluding carboxylic acids is 1. The SMILES string of the molecule is CC(C)(C)OC(=O)NCCC1CCCCCN1.